The van der Waals surface area contributed by atoms with E-state index in [1.165, 1.54) is 0 Å². The van der Waals surface area contributed by atoms with Gasteiger partial charge in [0.25, 0.3) is 0 Å². The maximum absolute atomic E-state index is 6.36. The lowest BCUT2D eigenvalue weighted by molar-refractivity contribution is 0.00578. The molecule has 6 nitrogen and oxygen atoms in total. The standard InChI is InChI=1S/C24H39B3O6.CH4/c1-19(2)20(3,4)29-25(28-19)16-13-17(26-30-21(5,6)22(7,8)31-26)15-18(14-16)27-32-23(9,10)24(11,12)33-27;/h13-15H,1-12H3;1H4. The van der Waals surface area contributed by atoms with E-state index < -0.39 is 55.0 Å². The minimum Gasteiger partial charge on any atom is -0.399 e. The molecule has 34 heavy (non-hydrogen) atoms. The molecule has 0 aromatic heterocycles. The van der Waals surface area contributed by atoms with Gasteiger partial charge < -0.3 is 27.9 Å². The molecule has 0 aliphatic carbocycles. The van der Waals surface area contributed by atoms with Crippen LogP contribution in [0.2, 0.25) is 0 Å². The van der Waals surface area contributed by atoms with Gasteiger partial charge in [0, 0.05) is 0 Å². The smallest absolute Gasteiger partial charge is 0.399 e. The summed E-state index contributed by atoms with van der Waals surface area (Å²) in [4.78, 5) is 0. The van der Waals surface area contributed by atoms with E-state index in [4.69, 9.17) is 27.9 Å². The van der Waals surface area contributed by atoms with Gasteiger partial charge in [-0.15, -0.1) is 0 Å². The molecule has 0 radical (unpaired) electrons. The second-order valence-corrected chi connectivity index (χ2v) is 12.7. The first kappa shape index (κ1) is 27.8. The highest BCUT2D eigenvalue weighted by atomic mass is 16.7. The second kappa shape index (κ2) is 8.09. The van der Waals surface area contributed by atoms with Crippen molar-refractivity contribution in [2.45, 2.75) is 124 Å². The summed E-state index contributed by atoms with van der Waals surface area (Å²) < 4.78 is 38.2. The Labute approximate surface area is 208 Å². The second-order valence-electron chi connectivity index (χ2n) is 12.7. The molecule has 3 heterocycles. The van der Waals surface area contributed by atoms with Crippen LogP contribution in [0.25, 0.3) is 0 Å². The fourth-order valence-electron chi connectivity index (χ4n) is 4.05. The van der Waals surface area contributed by atoms with E-state index in [0.29, 0.717) is 0 Å². The molecular formula is C25H43B3O6. The first-order valence-electron chi connectivity index (χ1n) is 12.0. The van der Waals surface area contributed by atoms with Crippen LogP contribution in [0.1, 0.15) is 90.5 Å². The SMILES string of the molecule is C.CC1(C)OB(c2cc(B3OC(C)(C)C(C)(C)O3)cc(B3OC(C)(C)C(C)(C)O3)c2)OC1(C)C. The maximum atomic E-state index is 6.36. The third kappa shape index (κ3) is 4.42. The fraction of sp³-hybridized carbons (Fsp3) is 0.760. The lowest BCUT2D eigenvalue weighted by Gasteiger charge is -2.32. The Hall–Kier alpha value is -0.825. The summed E-state index contributed by atoms with van der Waals surface area (Å²) in [5.74, 6) is 0. The van der Waals surface area contributed by atoms with Crippen molar-refractivity contribution in [1.82, 2.24) is 0 Å². The zero-order chi connectivity index (χ0) is 24.8. The van der Waals surface area contributed by atoms with Crippen molar-refractivity contribution in [3.05, 3.63) is 18.2 Å². The van der Waals surface area contributed by atoms with Crippen LogP contribution in [0, 0.1) is 0 Å². The largest absolute Gasteiger partial charge is 0.494 e. The topological polar surface area (TPSA) is 55.4 Å². The Kier molecular flexibility index (Phi) is 6.60. The summed E-state index contributed by atoms with van der Waals surface area (Å²) in [5, 5.41) is 0. The van der Waals surface area contributed by atoms with Crippen molar-refractivity contribution in [3.8, 4) is 0 Å². The Morgan fingerprint density at radius 2 is 0.529 bits per heavy atom. The molecule has 0 unspecified atom stereocenters. The van der Waals surface area contributed by atoms with Gasteiger partial charge in [-0.1, -0.05) is 25.6 Å². The van der Waals surface area contributed by atoms with Gasteiger partial charge >= 0.3 is 21.4 Å². The van der Waals surface area contributed by atoms with Crippen LogP contribution < -0.4 is 16.4 Å². The molecule has 0 amide bonds. The van der Waals surface area contributed by atoms with E-state index >= 15 is 0 Å². The molecule has 3 saturated heterocycles. The number of hydrogen-bond donors (Lipinski definition) is 0. The van der Waals surface area contributed by atoms with Gasteiger partial charge in [0.05, 0.1) is 33.6 Å². The van der Waals surface area contributed by atoms with E-state index in [0.717, 1.165) is 16.4 Å². The molecular weight excluding hydrogens is 429 g/mol. The van der Waals surface area contributed by atoms with E-state index in [2.05, 4.69) is 101 Å². The third-order valence-electron chi connectivity index (χ3n) is 8.58. The zero-order valence-electron chi connectivity index (χ0n) is 22.4. The Balaban J connectivity index is 0.00000324. The molecule has 3 aliphatic rings. The number of benzene rings is 1. The molecule has 1 aromatic rings. The molecule has 9 heteroatoms. The van der Waals surface area contributed by atoms with Gasteiger partial charge in [0.15, 0.2) is 0 Å². The molecule has 0 N–H and O–H groups in total. The molecule has 188 valence electrons. The van der Waals surface area contributed by atoms with Gasteiger partial charge in [-0.05, 0) is 99.5 Å². The van der Waals surface area contributed by atoms with E-state index in [1.807, 2.05) is 0 Å². The van der Waals surface area contributed by atoms with Crippen molar-refractivity contribution in [2.75, 3.05) is 0 Å². The van der Waals surface area contributed by atoms with E-state index in [9.17, 15) is 0 Å². The normalized spacial score (nSPS) is 27.7. The van der Waals surface area contributed by atoms with Gasteiger partial charge in [-0.25, -0.2) is 0 Å². The third-order valence-corrected chi connectivity index (χ3v) is 8.58. The zero-order valence-corrected chi connectivity index (χ0v) is 22.4. The van der Waals surface area contributed by atoms with E-state index in [1.54, 1.807) is 0 Å². The minimum absolute atomic E-state index is 0. The summed E-state index contributed by atoms with van der Waals surface area (Å²) in [7, 11) is -1.55. The summed E-state index contributed by atoms with van der Waals surface area (Å²) in [6.45, 7) is 24.7. The molecule has 0 atom stereocenters. The summed E-state index contributed by atoms with van der Waals surface area (Å²) in [5.41, 5.74) is 0.0305. The van der Waals surface area contributed by atoms with Gasteiger partial charge in [-0.2, -0.15) is 0 Å². The lowest BCUT2D eigenvalue weighted by atomic mass is 9.66. The highest BCUT2D eigenvalue weighted by Gasteiger charge is 2.56. The van der Waals surface area contributed by atoms with Crippen LogP contribution in [-0.2, 0) is 27.9 Å². The molecule has 0 saturated carbocycles. The summed E-state index contributed by atoms with van der Waals surface area (Å²) in [6, 6.07) is 6.16. The van der Waals surface area contributed by atoms with Crippen LogP contribution in [0.15, 0.2) is 18.2 Å². The maximum Gasteiger partial charge on any atom is 0.494 e. The van der Waals surface area contributed by atoms with Crippen LogP contribution in [-0.4, -0.2) is 55.0 Å². The highest BCUT2D eigenvalue weighted by Crippen LogP contribution is 2.39. The quantitative estimate of drug-likeness (QED) is 0.631. The first-order valence-corrected chi connectivity index (χ1v) is 12.0. The Bertz CT molecular complexity index is 761. The average Bonchev–Trinajstić information content (AvgIpc) is 3.10. The van der Waals surface area contributed by atoms with Gasteiger partial charge in [0.2, 0.25) is 0 Å². The lowest BCUT2D eigenvalue weighted by Crippen LogP contribution is -2.47. The molecule has 3 fully saturated rings. The van der Waals surface area contributed by atoms with Crippen LogP contribution in [0.3, 0.4) is 0 Å². The van der Waals surface area contributed by atoms with Crippen LogP contribution in [0.4, 0.5) is 0 Å². The van der Waals surface area contributed by atoms with Gasteiger partial charge in [-0.3, -0.25) is 0 Å². The van der Waals surface area contributed by atoms with Crippen molar-refractivity contribution in [2.24, 2.45) is 0 Å². The predicted molar refractivity (Wildman–Crippen MR) is 140 cm³/mol. The van der Waals surface area contributed by atoms with Crippen LogP contribution >= 0.6 is 0 Å². The highest BCUT2D eigenvalue weighted by molar-refractivity contribution is 6.69. The summed E-state index contributed by atoms with van der Waals surface area (Å²) >= 11 is 0. The predicted octanol–water partition coefficient (Wildman–Crippen LogP) is 3.22. The van der Waals surface area contributed by atoms with Crippen molar-refractivity contribution < 1.29 is 27.9 Å². The summed E-state index contributed by atoms with van der Waals surface area (Å²) in [6.07, 6.45) is 0. The molecule has 4 rings (SSSR count). The van der Waals surface area contributed by atoms with Crippen molar-refractivity contribution in [1.29, 1.82) is 0 Å². The Morgan fingerprint density at radius 3 is 0.676 bits per heavy atom. The Morgan fingerprint density at radius 1 is 0.382 bits per heavy atom. The molecule has 0 bridgehead atoms. The minimum atomic E-state index is -0.515. The van der Waals surface area contributed by atoms with Crippen molar-refractivity contribution >= 4 is 37.7 Å². The monoisotopic (exact) mass is 472 g/mol. The number of hydrogen-bond acceptors (Lipinski definition) is 6. The van der Waals surface area contributed by atoms with Crippen LogP contribution in [0.5, 0.6) is 0 Å². The van der Waals surface area contributed by atoms with E-state index in [-0.39, 0.29) is 7.43 Å². The average molecular weight is 472 g/mol. The molecule has 0 spiro atoms. The fourth-order valence-corrected chi connectivity index (χ4v) is 4.05. The molecule has 1 aromatic carbocycles. The number of rotatable bonds is 3. The van der Waals surface area contributed by atoms with Gasteiger partial charge in [0.1, 0.15) is 0 Å². The van der Waals surface area contributed by atoms with Crippen molar-refractivity contribution in [3.63, 3.8) is 0 Å². The first-order chi connectivity index (χ1) is 14.8. The molecule has 3 aliphatic heterocycles.